The number of aryl methyl sites for hydroxylation is 1. The lowest BCUT2D eigenvalue weighted by molar-refractivity contribution is 0.313. The lowest BCUT2D eigenvalue weighted by Gasteiger charge is -2.30. The Morgan fingerprint density at radius 3 is 2.21 bits per heavy atom. The fraction of sp³-hybridized carbons (Fsp3) is 0.429. The highest BCUT2D eigenvalue weighted by Gasteiger charge is 2.32. The van der Waals surface area contributed by atoms with Crippen LogP contribution < -0.4 is 10.3 Å². The van der Waals surface area contributed by atoms with Crippen LogP contribution in [0.25, 0.3) is 11.2 Å². The molecule has 12 nitrogen and oxygen atoms in total. The van der Waals surface area contributed by atoms with Crippen molar-refractivity contribution < 1.29 is 16.8 Å². The lowest BCUT2D eigenvalue weighted by atomic mass is 9.97. The first-order valence-electron chi connectivity index (χ1n) is 14.1. The van der Waals surface area contributed by atoms with Crippen molar-refractivity contribution in [2.45, 2.75) is 73.7 Å². The van der Waals surface area contributed by atoms with Gasteiger partial charge in [0.15, 0.2) is 11.2 Å². The third-order valence-corrected chi connectivity index (χ3v) is 11.6. The molecule has 4 aromatic rings. The maximum atomic E-state index is 13.4. The molecule has 42 heavy (non-hydrogen) atoms. The fourth-order valence-corrected chi connectivity index (χ4v) is 8.46. The van der Waals surface area contributed by atoms with E-state index < -0.39 is 20.0 Å². The first-order valence-corrected chi connectivity index (χ1v) is 17.0. The van der Waals surface area contributed by atoms with E-state index in [0.717, 1.165) is 36.8 Å². The number of nitrogens with zero attached hydrogens (tertiary/aromatic N) is 5. The SMILES string of the molecule is Cc1ccc(Cn2nnc3c(=O)[nH]c(C4CCN(S(=O)(=O)c5ccc(S(=O)(=O)NC6CCCC6)cc5)CC4)nc32)cc1. The molecule has 2 aliphatic rings. The summed E-state index contributed by atoms with van der Waals surface area (Å²) in [6.45, 7) is 2.90. The summed E-state index contributed by atoms with van der Waals surface area (Å²) in [6.07, 6.45) is 4.55. The van der Waals surface area contributed by atoms with E-state index in [-0.39, 0.29) is 45.9 Å². The number of benzene rings is 2. The van der Waals surface area contributed by atoms with Crippen molar-refractivity contribution in [3.05, 3.63) is 75.8 Å². The first kappa shape index (κ1) is 28.6. The van der Waals surface area contributed by atoms with Crippen molar-refractivity contribution in [3.8, 4) is 0 Å². The van der Waals surface area contributed by atoms with Gasteiger partial charge in [0.1, 0.15) is 5.82 Å². The van der Waals surface area contributed by atoms with E-state index in [2.05, 4.69) is 20.0 Å². The number of rotatable bonds is 8. The first-order chi connectivity index (χ1) is 20.1. The summed E-state index contributed by atoms with van der Waals surface area (Å²) >= 11 is 0. The van der Waals surface area contributed by atoms with Gasteiger partial charge in [-0.2, -0.15) is 4.31 Å². The predicted molar refractivity (Wildman–Crippen MR) is 156 cm³/mol. The Hall–Kier alpha value is -3.46. The summed E-state index contributed by atoms with van der Waals surface area (Å²) in [5.74, 6) is 0.340. The van der Waals surface area contributed by atoms with Gasteiger partial charge in [-0.15, -0.1) is 5.10 Å². The predicted octanol–water partition coefficient (Wildman–Crippen LogP) is 2.66. The summed E-state index contributed by atoms with van der Waals surface area (Å²) < 4.78 is 57.9. The van der Waals surface area contributed by atoms with Gasteiger partial charge in [0.25, 0.3) is 5.56 Å². The second-order valence-electron chi connectivity index (χ2n) is 11.1. The van der Waals surface area contributed by atoms with Gasteiger partial charge in [0.2, 0.25) is 20.0 Å². The third-order valence-electron chi connectivity index (χ3n) is 8.13. The van der Waals surface area contributed by atoms with Crippen LogP contribution in [0.5, 0.6) is 0 Å². The molecule has 1 aliphatic heterocycles. The van der Waals surface area contributed by atoms with E-state index >= 15 is 0 Å². The van der Waals surface area contributed by atoms with Crippen molar-refractivity contribution in [3.63, 3.8) is 0 Å². The van der Waals surface area contributed by atoms with Crippen LogP contribution in [-0.2, 0) is 26.6 Å². The molecule has 14 heteroatoms. The van der Waals surface area contributed by atoms with Gasteiger partial charge in [0.05, 0.1) is 16.3 Å². The zero-order valence-electron chi connectivity index (χ0n) is 23.2. The Balaban J connectivity index is 1.15. The molecule has 3 heterocycles. The topological polar surface area (TPSA) is 160 Å². The molecule has 1 aliphatic carbocycles. The van der Waals surface area contributed by atoms with Crippen LogP contribution in [0.1, 0.15) is 61.4 Å². The molecule has 2 fully saturated rings. The minimum absolute atomic E-state index is 0.0415. The van der Waals surface area contributed by atoms with Gasteiger partial charge in [-0.3, -0.25) is 4.79 Å². The Labute approximate surface area is 244 Å². The molecule has 2 aromatic heterocycles. The summed E-state index contributed by atoms with van der Waals surface area (Å²) in [5, 5.41) is 8.16. The van der Waals surface area contributed by atoms with Crippen LogP contribution in [0.4, 0.5) is 0 Å². The van der Waals surface area contributed by atoms with E-state index in [1.165, 1.54) is 28.6 Å². The number of nitrogens with one attached hydrogen (secondary N) is 2. The molecule has 0 unspecified atom stereocenters. The van der Waals surface area contributed by atoms with Crippen LogP contribution in [0.2, 0.25) is 0 Å². The monoisotopic (exact) mass is 611 g/mol. The molecular weight excluding hydrogens is 578 g/mol. The number of aromatic amines is 1. The molecule has 1 saturated carbocycles. The molecule has 2 N–H and O–H groups in total. The highest BCUT2D eigenvalue weighted by Crippen LogP contribution is 2.30. The van der Waals surface area contributed by atoms with E-state index in [4.69, 9.17) is 4.98 Å². The molecule has 1 saturated heterocycles. The molecule has 222 valence electrons. The molecule has 0 spiro atoms. The quantitative estimate of drug-likeness (QED) is 0.308. The van der Waals surface area contributed by atoms with Gasteiger partial charge in [-0.25, -0.2) is 31.2 Å². The molecule has 0 bridgehead atoms. The highest BCUT2D eigenvalue weighted by atomic mass is 32.2. The van der Waals surface area contributed by atoms with Crippen LogP contribution in [0.3, 0.4) is 0 Å². The maximum absolute atomic E-state index is 13.4. The van der Waals surface area contributed by atoms with Crippen molar-refractivity contribution in [2.75, 3.05) is 13.1 Å². The third kappa shape index (κ3) is 5.76. The van der Waals surface area contributed by atoms with Crippen LogP contribution in [0.15, 0.2) is 63.1 Å². The molecule has 6 rings (SSSR count). The van der Waals surface area contributed by atoms with Gasteiger partial charge in [0, 0.05) is 25.0 Å². The zero-order valence-corrected chi connectivity index (χ0v) is 24.9. The highest BCUT2D eigenvalue weighted by molar-refractivity contribution is 7.89. The van der Waals surface area contributed by atoms with Crippen molar-refractivity contribution in [1.29, 1.82) is 0 Å². The number of piperidine rings is 1. The van der Waals surface area contributed by atoms with E-state index in [1.54, 1.807) is 4.68 Å². The minimum Gasteiger partial charge on any atom is -0.308 e. The smallest absolute Gasteiger partial charge is 0.281 e. The zero-order chi connectivity index (χ0) is 29.5. The average Bonchev–Trinajstić information content (AvgIpc) is 3.64. The number of hydrogen-bond acceptors (Lipinski definition) is 8. The van der Waals surface area contributed by atoms with E-state index in [1.807, 2.05) is 31.2 Å². The van der Waals surface area contributed by atoms with E-state index in [9.17, 15) is 21.6 Å². The maximum Gasteiger partial charge on any atom is 0.281 e. The molecular formula is C28H33N7O5S2. The number of fused-ring (bicyclic) bond motifs is 1. The summed E-state index contributed by atoms with van der Waals surface area (Å²) in [7, 11) is -7.54. The van der Waals surface area contributed by atoms with Crippen molar-refractivity contribution in [1.82, 2.24) is 34.0 Å². The lowest BCUT2D eigenvalue weighted by Crippen LogP contribution is -2.38. The van der Waals surface area contributed by atoms with Gasteiger partial charge in [-0.1, -0.05) is 47.9 Å². The number of sulfonamides is 2. The minimum atomic E-state index is -3.83. The van der Waals surface area contributed by atoms with E-state index in [0.29, 0.717) is 30.9 Å². The summed E-state index contributed by atoms with van der Waals surface area (Å²) in [6, 6.07) is 13.3. The second kappa shape index (κ2) is 11.3. The van der Waals surface area contributed by atoms with Crippen molar-refractivity contribution in [2.24, 2.45) is 0 Å². The van der Waals surface area contributed by atoms with Gasteiger partial charge >= 0.3 is 0 Å². The largest absolute Gasteiger partial charge is 0.308 e. The molecule has 2 aromatic carbocycles. The van der Waals surface area contributed by atoms with Gasteiger partial charge < -0.3 is 4.98 Å². The Kier molecular flexibility index (Phi) is 7.72. The van der Waals surface area contributed by atoms with Crippen LogP contribution >= 0.6 is 0 Å². The van der Waals surface area contributed by atoms with Crippen LogP contribution in [-0.4, -0.2) is 65.2 Å². The molecule has 0 radical (unpaired) electrons. The Bertz CT molecular complexity index is 1850. The normalized spacial score (nSPS) is 17.7. The second-order valence-corrected chi connectivity index (χ2v) is 14.8. The summed E-state index contributed by atoms with van der Waals surface area (Å²) in [4.78, 5) is 20.4. The molecule has 0 amide bonds. The Morgan fingerprint density at radius 2 is 1.55 bits per heavy atom. The summed E-state index contributed by atoms with van der Waals surface area (Å²) in [5.41, 5.74) is 2.32. The van der Waals surface area contributed by atoms with Crippen LogP contribution in [0, 0.1) is 6.92 Å². The van der Waals surface area contributed by atoms with Gasteiger partial charge in [-0.05, 0) is 62.4 Å². The van der Waals surface area contributed by atoms with Crippen molar-refractivity contribution >= 4 is 31.2 Å². The standard InChI is InChI=1S/C28H33N7O5S2/c1-19-6-8-20(9-7-19)18-35-27-25(31-33-35)28(36)30-26(29-27)21-14-16-34(17-15-21)42(39,40)24-12-10-23(11-13-24)41(37,38)32-22-4-2-3-5-22/h6-13,21-22,32H,2-5,14-18H2,1H3,(H,29,30,36). The molecule has 0 atom stereocenters. The average molecular weight is 612 g/mol. The number of H-pyrrole nitrogens is 1. The number of aromatic nitrogens is 5. The number of hydrogen-bond donors (Lipinski definition) is 2. The fourth-order valence-electron chi connectivity index (χ4n) is 5.69. The Morgan fingerprint density at radius 1 is 0.905 bits per heavy atom.